The molecule has 4 heterocycles. The molecule has 1 aromatic carbocycles. The van der Waals surface area contributed by atoms with E-state index in [4.69, 9.17) is 22.2 Å². The zero-order chi connectivity index (χ0) is 42.9. The molecule has 1 aliphatic carbocycles. The van der Waals surface area contributed by atoms with Crippen molar-refractivity contribution < 1.29 is 50.3 Å². The molecular weight excluding hydrogens is 809 g/mol. The van der Waals surface area contributed by atoms with E-state index in [9.17, 15) is 45.5 Å². The van der Waals surface area contributed by atoms with Crippen LogP contribution >= 0.6 is 12.2 Å². The lowest BCUT2D eigenvalue weighted by atomic mass is 9.89. The van der Waals surface area contributed by atoms with Gasteiger partial charge in [-0.15, -0.1) is 0 Å². The number of aromatic nitrogens is 1. The molecular formula is C38H43F6N9O5S. The molecule has 2 atom stereocenters. The third-order valence-electron chi connectivity index (χ3n) is 11.1. The van der Waals surface area contributed by atoms with Crippen molar-refractivity contribution in [3.63, 3.8) is 0 Å². The number of ether oxygens (including phenoxy) is 1. The summed E-state index contributed by atoms with van der Waals surface area (Å²) in [6, 6.07) is 5.74. The minimum absolute atomic E-state index is 0.0167. The van der Waals surface area contributed by atoms with Crippen LogP contribution in [-0.2, 0) is 30.1 Å². The van der Waals surface area contributed by atoms with Crippen molar-refractivity contribution >= 4 is 58.0 Å². The molecule has 0 radical (unpaired) electrons. The number of anilines is 3. The number of hydrogen-bond donors (Lipinski definition) is 3. The third-order valence-corrected chi connectivity index (χ3v) is 11.4. The average molecular weight is 852 g/mol. The number of halogens is 6. The summed E-state index contributed by atoms with van der Waals surface area (Å²) in [5, 5.41) is 17.0. The van der Waals surface area contributed by atoms with Gasteiger partial charge in [0, 0.05) is 50.0 Å². The minimum atomic E-state index is -4.88. The van der Waals surface area contributed by atoms with Crippen LogP contribution in [0.2, 0.25) is 0 Å². The SMILES string of the molecule is CC1(C)C(=O)N(c2cnc(C#N)c(C(F)(F)F)c2)C(=S)N1C1CCC(OCCN2CCN(CC(=O)Nc3cccc(N[C@H]4CCC(=O)NC4=O)c3)C(C(F)(F)F)C2)CC1. The maximum Gasteiger partial charge on any atom is 0.419 e. The smallest absolute Gasteiger partial charge is 0.377 e. The summed E-state index contributed by atoms with van der Waals surface area (Å²) in [5.41, 5.74) is -2.67. The topological polar surface area (TPSA) is 163 Å². The summed E-state index contributed by atoms with van der Waals surface area (Å²) in [4.78, 5) is 59.2. The number of piperazine rings is 1. The molecule has 21 heteroatoms. The Labute approximate surface area is 341 Å². The lowest BCUT2D eigenvalue weighted by Gasteiger charge is -2.42. The van der Waals surface area contributed by atoms with Crippen molar-refractivity contribution in [3.05, 3.63) is 47.8 Å². The Balaban J connectivity index is 0.971. The van der Waals surface area contributed by atoms with E-state index in [0.717, 1.165) is 16.0 Å². The predicted octanol–water partition coefficient (Wildman–Crippen LogP) is 4.42. The van der Waals surface area contributed by atoms with Gasteiger partial charge in [0.05, 0.1) is 36.7 Å². The van der Waals surface area contributed by atoms with E-state index in [1.165, 1.54) is 6.07 Å². The number of imide groups is 1. The molecule has 4 aliphatic rings. The highest BCUT2D eigenvalue weighted by molar-refractivity contribution is 7.80. The lowest BCUT2D eigenvalue weighted by molar-refractivity contribution is -0.197. The largest absolute Gasteiger partial charge is 0.419 e. The summed E-state index contributed by atoms with van der Waals surface area (Å²) in [6.45, 7) is 3.06. The first-order valence-electron chi connectivity index (χ1n) is 19.1. The molecule has 14 nitrogen and oxygen atoms in total. The Morgan fingerprint density at radius 3 is 2.42 bits per heavy atom. The number of pyridine rings is 1. The molecule has 0 bridgehead atoms. The average Bonchev–Trinajstić information content (AvgIpc) is 3.34. The van der Waals surface area contributed by atoms with Crippen molar-refractivity contribution in [1.82, 2.24) is 25.0 Å². The maximum atomic E-state index is 14.3. The van der Waals surface area contributed by atoms with Crippen LogP contribution in [0.3, 0.4) is 0 Å². The number of benzene rings is 1. The third kappa shape index (κ3) is 9.94. The predicted molar refractivity (Wildman–Crippen MR) is 205 cm³/mol. The van der Waals surface area contributed by atoms with Crippen molar-refractivity contribution in [3.8, 4) is 6.07 Å². The Kier molecular flexibility index (Phi) is 12.8. The summed E-state index contributed by atoms with van der Waals surface area (Å²) in [5.74, 6) is -2.00. The summed E-state index contributed by atoms with van der Waals surface area (Å²) < 4.78 is 90.0. The van der Waals surface area contributed by atoms with Gasteiger partial charge in [-0.3, -0.25) is 39.2 Å². The molecule has 0 spiro atoms. The highest BCUT2D eigenvalue weighted by Crippen LogP contribution is 2.40. The fourth-order valence-electron chi connectivity index (χ4n) is 8.03. The van der Waals surface area contributed by atoms with Crippen molar-refractivity contribution in [2.45, 2.75) is 94.5 Å². The normalized spacial score (nSPS) is 24.5. The van der Waals surface area contributed by atoms with Crippen LogP contribution in [-0.4, -0.2) is 124 Å². The molecule has 3 aliphatic heterocycles. The second-order valence-electron chi connectivity index (χ2n) is 15.5. The van der Waals surface area contributed by atoms with E-state index >= 15 is 0 Å². The van der Waals surface area contributed by atoms with Gasteiger partial charge in [-0.1, -0.05) is 6.07 Å². The second-order valence-corrected chi connectivity index (χ2v) is 15.8. The number of thiocarbonyl (C=S) groups is 1. The van der Waals surface area contributed by atoms with Gasteiger partial charge in [0.25, 0.3) is 5.91 Å². The van der Waals surface area contributed by atoms with Crippen molar-refractivity contribution in [2.75, 3.05) is 54.9 Å². The Bertz CT molecular complexity index is 2000. The number of carbonyl (C=O) groups excluding carboxylic acids is 4. The molecule has 1 aromatic heterocycles. The van der Waals surface area contributed by atoms with E-state index in [2.05, 4.69) is 20.9 Å². The number of nitriles is 1. The standard InChI is InChI=1S/C38H43F6N9O5S/c1-36(2)34(57)52(25-17-27(37(39,40)41)29(18-45)46-19-25)35(59)53(36)24-6-8-26(9-7-24)58-15-14-50-12-13-51(30(20-50)38(42,43)44)21-32(55)48-23-5-3-4-22(16-23)47-28-10-11-31(54)49-33(28)56/h3-5,16-17,19,24,26,28,30,47H,6-15,20-21H2,1-2H3,(H,48,55)(H,49,54,56)/t24?,26?,28-,30?/m0/s1. The fourth-order valence-corrected chi connectivity index (χ4v) is 8.60. The molecule has 6 rings (SSSR count). The van der Waals surface area contributed by atoms with Gasteiger partial charge in [0.1, 0.15) is 23.7 Å². The van der Waals surface area contributed by atoms with Gasteiger partial charge in [0.2, 0.25) is 17.7 Å². The lowest BCUT2D eigenvalue weighted by Crippen LogP contribution is -2.60. The fraction of sp³-hybridized carbons (Fsp3) is 0.553. The van der Waals surface area contributed by atoms with E-state index in [-0.39, 0.29) is 68.1 Å². The minimum Gasteiger partial charge on any atom is -0.377 e. The molecule has 318 valence electrons. The number of amides is 4. The molecule has 4 amide bonds. The molecule has 4 fully saturated rings. The first-order valence-corrected chi connectivity index (χ1v) is 19.5. The molecule has 59 heavy (non-hydrogen) atoms. The first kappa shape index (κ1) is 43.7. The monoisotopic (exact) mass is 851 g/mol. The highest BCUT2D eigenvalue weighted by Gasteiger charge is 2.53. The number of alkyl halides is 6. The quantitative estimate of drug-likeness (QED) is 0.166. The van der Waals surface area contributed by atoms with Gasteiger partial charge in [0.15, 0.2) is 10.8 Å². The van der Waals surface area contributed by atoms with E-state index < -0.39 is 65.5 Å². The Morgan fingerprint density at radius 2 is 1.76 bits per heavy atom. The summed E-state index contributed by atoms with van der Waals surface area (Å²) in [7, 11) is 0. The molecule has 3 saturated heterocycles. The Hall–Kier alpha value is -4.91. The number of rotatable bonds is 11. The van der Waals surface area contributed by atoms with Gasteiger partial charge in [-0.2, -0.15) is 31.6 Å². The van der Waals surface area contributed by atoms with Gasteiger partial charge >= 0.3 is 12.4 Å². The van der Waals surface area contributed by atoms with Crippen LogP contribution in [0.15, 0.2) is 36.5 Å². The summed E-state index contributed by atoms with van der Waals surface area (Å²) >= 11 is 5.65. The Morgan fingerprint density at radius 1 is 1.05 bits per heavy atom. The number of carbonyl (C=O) groups is 4. The van der Waals surface area contributed by atoms with Crippen LogP contribution in [0.4, 0.5) is 43.4 Å². The van der Waals surface area contributed by atoms with Crippen LogP contribution < -0.4 is 20.9 Å². The zero-order valence-electron chi connectivity index (χ0n) is 32.2. The number of hydrogen-bond acceptors (Lipinski definition) is 11. The number of nitrogens with one attached hydrogen (secondary N) is 3. The first-order chi connectivity index (χ1) is 27.8. The summed E-state index contributed by atoms with van der Waals surface area (Å²) in [6.07, 6.45) is -6.05. The molecule has 1 saturated carbocycles. The number of piperidine rings is 1. The van der Waals surface area contributed by atoms with Crippen LogP contribution in [0.1, 0.15) is 63.6 Å². The van der Waals surface area contributed by atoms with Gasteiger partial charge in [-0.05, 0) is 82.4 Å². The highest BCUT2D eigenvalue weighted by atomic mass is 32.1. The van der Waals surface area contributed by atoms with E-state index in [1.54, 1.807) is 47.9 Å². The van der Waals surface area contributed by atoms with Crippen LogP contribution in [0.5, 0.6) is 0 Å². The maximum absolute atomic E-state index is 14.3. The van der Waals surface area contributed by atoms with Crippen molar-refractivity contribution in [2.24, 2.45) is 0 Å². The van der Waals surface area contributed by atoms with Gasteiger partial charge < -0.3 is 20.3 Å². The van der Waals surface area contributed by atoms with E-state index in [1.807, 2.05) is 0 Å². The second kappa shape index (κ2) is 17.4. The molecule has 3 N–H and O–H groups in total. The van der Waals surface area contributed by atoms with E-state index in [0.29, 0.717) is 49.5 Å². The van der Waals surface area contributed by atoms with Crippen LogP contribution in [0.25, 0.3) is 0 Å². The molecule has 1 unspecified atom stereocenters. The van der Waals surface area contributed by atoms with Crippen LogP contribution in [0, 0.1) is 11.3 Å². The number of nitrogens with zero attached hydrogens (tertiary/aromatic N) is 6. The molecule has 2 aromatic rings. The zero-order valence-corrected chi connectivity index (χ0v) is 33.0. The van der Waals surface area contributed by atoms with Crippen molar-refractivity contribution in [1.29, 1.82) is 5.26 Å². The van der Waals surface area contributed by atoms with Gasteiger partial charge in [-0.25, -0.2) is 4.98 Å².